The summed E-state index contributed by atoms with van der Waals surface area (Å²) in [5.41, 5.74) is 8.56. The molecule has 5 nitrogen and oxygen atoms in total. The van der Waals surface area contributed by atoms with Crippen LogP contribution in [0.4, 0.5) is 5.69 Å². The Bertz CT molecular complexity index is 777. The molecule has 3 aromatic rings. The van der Waals surface area contributed by atoms with Crippen LogP contribution >= 0.6 is 0 Å². The van der Waals surface area contributed by atoms with Crippen LogP contribution in [0.25, 0.3) is 21.8 Å². The van der Waals surface area contributed by atoms with Gasteiger partial charge in [-0.25, -0.2) is 9.78 Å². The molecule has 0 unspecified atom stereocenters. The van der Waals surface area contributed by atoms with Gasteiger partial charge < -0.3 is 15.5 Å². The van der Waals surface area contributed by atoms with Gasteiger partial charge in [-0.15, -0.1) is 0 Å². The van der Waals surface area contributed by atoms with Crippen LogP contribution in [-0.4, -0.2) is 22.5 Å². The van der Waals surface area contributed by atoms with Crippen molar-refractivity contribution < 1.29 is 9.53 Å². The highest BCUT2D eigenvalue weighted by Crippen LogP contribution is 2.26. The third-order valence-corrected chi connectivity index (χ3v) is 2.99. The molecular formula is C14H13N3O2. The summed E-state index contributed by atoms with van der Waals surface area (Å²) in [5, 5.41) is 1.95. The van der Waals surface area contributed by atoms with Crippen molar-refractivity contribution in [3.63, 3.8) is 0 Å². The second-order valence-electron chi connectivity index (χ2n) is 4.27. The largest absolute Gasteiger partial charge is 0.461 e. The number of H-pyrrole nitrogens is 1. The molecule has 0 amide bonds. The van der Waals surface area contributed by atoms with E-state index in [2.05, 4.69) is 9.97 Å². The SMILES string of the molecule is CCOC(=O)c1cc2c(cn1)[nH]c1cc(N)ccc12. The van der Waals surface area contributed by atoms with Crippen molar-refractivity contribution in [1.82, 2.24) is 9.97 Å². The van der Waals surface area contributed by atoms with Crippen LogP contribution in [0.1, 0.15) is 17.4 Å². The maximum atomic E-state index is 11.7. The third-order valence-electron chi connectivity index (χ3n) is 2.99. The number of benzene rings is 1. The first kappa shape index (κ1) is 11.5. The molecule has 0 bridgehead atoms. The number of pyridine rings is 1. The fourth-order valence-electron chi connectivity index (χ4n) is 2.14. The second-order valence-corrected chi connectivity index (χ2v) is 4.27. The van der Waals surface area contributed by atoms with E-state index in [1.807, 2.05) is 18.2 Å². The Balaban J connectivity index is 2.21. The Kier molecular flexibility index (Phi) is 2.59. The number of carbonyl (C=O) groups is 1. The molecular weight excluding hydrogens is 242 g/mol. The minimum atomic E-state index is -0.408. The highest BCUT2D eigenvalue weighted by molar-refractivity contribution is 6.09. The Morgan fingerprint density at radius 1 is 1.32 bits per heavy atom. The number of hydrogen-bond acceptors (Lipinski definition) is 4. The van der Waals surface area contributed by atoms with Gasteiger partial charge in [-0.05, 0) is 25.1 Å². The number of ether oxygens (including phenoxy) is 1. The molecule has 0 fully saturated rings. The summed E-state index contributed by atoms with van der Waals surface area (Å²) in [5.74, 6) is -0.408. The van der Waals surface area contributed by atoms with Crippen molar-refractivity contribution in [3.8, 4) is 0 Å². The fourth-order valence-corrected chi connectivity index (χ4v) is 2.14. The number of esters is 1. The van der Waals surface area contributed by atoms with Crippen LogP contribution in [0.15, 0.2) is 30.5 Å². The summed E-state index contributed by atoms with van der Waals surface area (Å²) in [7, 11) is 0. The Morgan fingerprint density at radius 2 is 2.16 bits per heavy atom. The predicted molar refractivity (Wildman–Crippen MR) is 74.0 cm³/mol. The molecule has 3 N–H and O–H groups in total. The lowest BCUT2D eigenvalue weighted by Gasteiger charge is -2.00. The Labute approximate surface area is 109 Å². The highest BCUT2D eigenvalue weighted by atomic mass is 16.5. The molecule has 3 rings (SSSR count). The second kappa shape index (κ2) is 4.28. The van der Waals surface area contributed by atoms with E-state index in [1.165, 1.54) is 0 Å². The molecule has 0 spiro atoms. The molecule has 96 valence electrons. The number of fused-ring (bicyclic) bond motifs is 3. The van der Waals surface area contributed by atoms with Crippen LogP contribution < -0.4 is 5.73 Å². The lowest BCUT2D eigenvalue weighted by atomic mass is 10.1. The van der Waals surface area contributed by atoms with Crippen LogP contribution in [0.2, 0.25) is 0 Å². The van der Waals surface area contributed by atoms with E-state index in [9.17, 15) is 4.79 Å². The number of rotatable bonds is 2. The minimum Gasteiger partial charge on any atom is -0.461 e. The fraction of sp³-hybridized carbons (Fsp3) is 0.143. The van der Waals surface area contributed by atoms with E-state index in [0.717, 1.165) is 21.8 Å². The number of aromatic nitrogens is 2. The monoisotopic (exact) mass is 255 g/mol. The first-order valence-electron chi connectivity index (χ1n) is 6.03. The molecule has 1 aromatic carbocycles. The molecule has 0 saturated carbocycles. The molecule has 0 aliphatic rings. The number of nitrogen functional groups attached to an aromatic ring is 1. The van der Waals surface area contributed by atoms with E-state index in [4.69, 9.17) is 10.5 Å². The topological polar surface area (TPSA) is 81.0 Å². The molecule has 2 aromatic heterocycles. The summed E-state index contributed by atoms with van der Waals surface area (Å²) < 4.78 is 4.95. The number of nitrogens with two attached hydrogens (primary N) is 1. The zero-order valence-electron chi connectivity index (χ0n) is 10.4. The quantitative estimate of drug-likeness (QED) is 0.544. The van der Waals surface area contributed by atoms with Gasteiger partial charge in [0.25, 0.3) is 0 Å². The van der Waals surface area contributed by atoms with Gasteiger partial charge >= 0.3 is 5.97 Å². The maximum absolute atomic E-state index is 11.7. The van der Waals surface area contributed by atoms with Crippen LogP contribution in [0.5, 0.6) is 0 Å². The van der Waals surface area contributed by atoms with Gasteiger partial charge in [0.2, 0.25) is 0 Å². The first-order valence-corrected chi connectivity index (χ1v) is 6.03. The van der Waals surface area contributed by atoms with E-state index >= 15 is 0 Å². The van der Waals surface area contributed by atoms with E-state index < -0.39 is 5.97 Å². The summed E-state index contributed by atoms with van der Waals surface area (Å²) >= 11 is 0. The average Bonchev–Trinajstić information content (AvgIpc) is 2.75. The maximum Gasteiger partial charge on any atom is 0.356 e. The molecule has 0 aliphatic carbocycles. The molecule has 19 heavy (non-hydrogen) atoms. The van der Waals surface area contributed by atoms with E-state index in [-0.39, 0.29) is 0 Å². The average molecular weight is 255 g/mol. The van der Waals surface area contributed by atoms with E-state index in [1.54, 1.807) is 19.2 Å². The van der Waals surface area contributed by atoms with Gasteiger partial charge in [0.05, 0.1) is 18.3 Å². The van der Waals surface area contributed by atoms with Crippen LogP contribution in [-0.2, 0) is 4.74 Å². The third kappa shape index (κ3) is 1.89. The van der Waals surface area contributed by atoms with Gasteiger partial charge in [-0.3, -0.25) is 0 Å². The van der Waals surface area contributed by atoms with Crippen molar-refractivity contribution in [3.05, 3.63) is 36.2 Å². The molecule has 0 aliphatic heterocycles. The molecule has 2 heterocycles. The van der Waals surface area contributed by atoms with Crippen molar-refractivity contribution in [2.45, 2.75) is 6.92 Å². The minimum absolute atomic E-state index is 0.312. The normalized spacial score (nSPS) is 11.0. The highest BCUT2D eigenvalue weighted by Gasteiger charge is 2.11. The summed E-state index contributed by atoms with van der Waals surface area (Å²) in [6.45, 7) is 2.11. The number of hydrogen-bond donors (Lipinski definition) is 2. The lowest BCUT2D eigenvalue weighted by Crippen LogP contribution is -2.06. The van der Waals surface area contributed by atoms with Crippen molar-refractivity contribution in [1.29, 1.82) is 0 Å². The number of aromatic amines is 1. The van der Waals surface area contributed by atoms with Gasteiger partial charge in [-0.2, -0.15) is 0 Å². The van der Waals surface area contributed by atoms with Gasteiger partial charge in [-0.1, -0.05) is 6.07 Å². The zero-order chi connectivity index (χ0) is 13.4. The molecule has 5 heteroatoms. The van der Waals surface area contributed by atoms with Gasteiger partial charge in [0.1, 0.15) is 5.69 Å². The van der Waals surface area contributed by atoms with Crippen molar-refractivity contribution in [2.24, 2.45) is 0 Å². The van der Waals surface area contributed by atoms with Crippen LogP contribution in [0.3, 0.4) is 0 Å². The summed E-state index contributed by atoms with van der Waals surface area (Å²) in [6, 6.07) is 7.36. The lowest BCUT2D eigenvalue weighted by molar-refractivity contribution is 0.0520. The zero-order valence-corrected chi connectivity index (χ0v) is 10.4. The number of nitrogens with zero attached hydrogens (tertiary/aromatic N) is 1. The Morgan fingerprint density at radius 3 is 2.95 bits per heavy atom. The van der Waals surface area contributed by atoms with Crippen molar-refractivity contribution in [2.75, 3.05) is 12.3 Å². The van der Waals surface area contributed by atoms with Crippen molar-refractivity contribution >= 4 is 33.5 Å². The van der Waals surface area contributed by atoms with Crippen LogP contribution in [0, 0.1) is 0 Å². The molecule has 0 radical (unpaired) electrons. The summed E-state index contributed by atoms with van der Waals surface area (Å²) in [6.07, 6.45) is 1.64. The molecule has 0 atom stereocenters. The number of nitrogens with one attached hydrogen (secondary N) is 1. The van der Waals surface area contributed by atoms with Gasteiger partial charge in [0.15, 0.2) is 0 Å². The first-order chi connectivity index (χ1) is 9.19. The van der Waals surface area contributed by atoms with E-state index in [0.29, 0.717) is 18.0 Å². The molecule has 0 saturated heterocycles. The number of carbonyl (C=O) groups excluding carboxylic acids is 1. The summed E-state index contributed by atoms with van der Waals surface area (Å²) in [4.78, 5) is 19.0. The Hall–Kier alpha value is -2.56. The predicted octanol–water partition coefficient (Wildman–Crippen LogP) is 2.48. The standard InChI is InChI=1S/C14H13N3O2/c1-2-19-14(18)12-6-10-9-4-3-8(15)5-11(9)17-13(10)7-16-12/h3-7,17H,2,15H2,1H3. The number of anilines is 1. The smallest absolute Gasteiger partial charge is 0.356 e. The van der Waals surface area contributed by atoms with Gasteiger partial charge in [0, 0.05) is 22.0 Å².